The Kier molecular flexibility index (Phi) is 5.34. The van der Waals surface area contributed by atoms with Gasteiger partial charge < -0.3 is 5.32 Å². The Morgan fingerprint density at radius 2 is 2.00 bits per heavy atom. The molecular weight excluding hydrogens is 372 g/mol. The Morgan fingerprint density at radius 3 is 2.69 bits per heavy atom. The topological polar surface area (TPSA) is 66.5 Å². The smallest absolute Gasteiger partial charge is 0.247 e. The van der Waals surface area contributed by atoms with Crippen LogP contribution in [0.3, 0.4) is 0 Å². The zero-order valence-electron chi connectivity index (χ0n) is 14.1. The summed E-state index contributed by atoms with van der Waals surface area (Å²) in [6, 6.07) is 14.1. The third-order valence-corrected chi connectivity index (χ3v) is 6.67. The average Bonchev–Trinajstić information content (AvgIpc) is 2.94. The molecule has 1 aliphatic heterocycles. The fourth-order valence-corrected chi connectivity index (χ4v) is 5.11. The summed E-state index contributed by atoms with van der Waals surface area (Å²) in [7, 11) is -3.73. The van der Waals surface area contributed by atoms with Crippen LogP contribution >= 0.6 is 11.6 Å². The summed E-state index contributed by atoms with van der Waals surface area (Å²) in [6.45, 7) is 4.20. The van der Waals surface area contributed by atoms with Crippen molar-refractivity contribution in [2.75, 3.05) is 10.8 Å². The highest BCUT2D eigenvalue weighted by molar-refractivity contribution is 7.94. The number of carbonyl (C=O) groups is 1. The predicted octanol–water partition coefficient (Wildman–Crippen LogP) is 3.21. The van der Waals surface area contributed by atoms with Gasteiger partial charge in [0.1, 0.15) is 0 Å². The number of halogens is 1. The summed E-state index contributed by atoms with van der Waals surface area (Å²) in [4.78, 5) is 12.5. The lowest BCUT2D eigenvalue weighted by molar-refractivity contribution is -0.120. The Balaban J connectivity index is 1.71. The number of rotatable bonds is 5. The van der Waals surface area contributed by atoms with Crippen LogP contribution in [0.4, 0.5) is 5.69 Å². The molecule has 136 valence electrons. The van der Waals surface area contributed by atoms with E-state index in [-0.39, 0.29) is 13.0 Å². The van der Waals surface area contributed by atoms with Crippen molar-refractivity contribution in [2.24, 2.45) is 0 Å². The number of carbonyl (C=O) groups excluding carboxylic acids is 1. The van der Waals surface area contributed by atoms with E-state index in [0.29, 0.717) is 17.3 Å². The van der Waals surface area contributed by atoms with Crippen molar-refractivity contribution in [3.8, 4) is 0 Å². The van der Waals surface area contributed by atoms with Gasteiger partial charge in [-0.1, -0.05) is 42.5 Å². The van der Waals surface area contributed by atoms with Crippen molar-refractivity contribution >= 4 is 39.3 Å². The largest absolute Gasteiger partial charge is 0.351 e. The van der Waals surface area contributed by atoms with Crippen LogP contribution < -0.4 is 9.62 Å². The maximum Gasteiger partial charge on any atom is 0.247 e. The van der Waals surface area contributed by atoms with Gasteiger partial charge in [0.25, 0.3) is 0 Å². The Hall–Kier alpha value is -2.31. The van der Waals surface area contributed by atoms with Gasteiger partial charge in [0, 0.05) is 18.1 Å². The van der Waals surface area contributed by atoms with E-state index in [0.717, 1.165) is 11.1 Å². The number of nitrogens with zero attached hydrogens (tertiary/aromatic N) is 1. The van der Waals surface area contributed by atoms with Crippen LogP contribution in [0.5, 0.6) is 0 Å². The second-order valence-corrected chi connectivity index (χ2v) is 8.52. The van der Waals surface area contributed by atoms with Crippen molar-refractivity contribution in [2.45, 2.75) is 18.2 Å². The molecule has 26 heavy (non-hydrogen) atoms. The molecule has 1 aliphatic rings. The number of anilines is 1. The number of benzene rings is 2. The second kappa shape index (κ2) is 7.51. The Morgan fingerprint density at radius 1 is 1.27 bits per heavy atom. The number of hydrogen-bond donors (Lipinski definition) is 1. The molecule has 1 saturated heterocycles. The molecule has 2 aromatic rings. The fraction of sp³-hybridized carbons (Fsp3) is 0.211. The van der Waals surface area contributed by atoms with Crippen molar-refractivity contribution in [3.63, 3.8) is 0 Å². The van der Waals surface area contributed by atoms with Gasteiger partial charge in [0.05, 0.1) is 5.69 Å². The van der Waals surface area contributed by atoms with Crippen LogP contribution in [-0.2, 0) is 21.4 Å². The molecule has 1 amide bonds. The van der Waals surface area contributed by atoms with Gasteiger partial charge in [-0.25, -0.2) is 8.42 Å². The molecule has 2 aromatic carbocycles. The fourth-order valence-electron chi connectivity index (χ4n) is 3.00. The molecule has 1 unspecified atom stereocenters. The lowest BCUT2D eigenvalue weighted by Crippen LogP contribution is -2.40. The molecule has 0 radical (unpaired) electrons. The summed E-state index contributed by atoms with van der Waals surface area (Å²) >= 11 is 6.04. The average molecular weight is 391 g/mol. The normalized spacial score (nSPS) is 18.5. The molecule has 5 nitrogen and oxygen atoms in total. The molecule has 3 rings (SSSR count). The van der Waals surface area contributed by atoms with Gasteiger partial charge in [0.2, 0.25) is 15.9 Å². The highest BCUT2D eigenvalue weighted by Gasteiger charge is 2.43. The first-order valence-corrected chi connectivity index (χ1v) is 10.1. The number of hydrogen-bond acceptors (Lipinski definition) is 3. The zero-order valence-corrected chi connectivity index (χ0v) is 15.6. The van der Waals surface area contributed by atoms with Crippen molar-refractivity contribution in [1.82, 2.24) is 5.32 Å². The van der Waals surface area contributed by atoms with Crippen LogP contribution in [0.2, 0.25) is 5.02 Å². The van der Waals surface area contributed by atoms with Crippen LogP contribution in [-0.4, -0.2) is 26.1 Å². The van der Waals surface area contributed by atoms with Gasteiger partial charge in [-0.05, 0) is 47.9 Å². The maximum absolute atomic E-state index is 12.7. The van der Waals surface area contributed by atoms with E-state index in [2.05, 4.69) is 11.9 Å². The van der Waals surface area contributed by atoms with Gasteiger partial charge in [0.15, 0.2) is 5.25 Å². The molecule has 7 heteroatoms. The molecular formula is C19H19ClN2O3S. The highest BCUT2D eigenvalue weighted by atomic mass is 35.5. The minimum absolute atomic E-state index is 0.206. The number of sulfonamides is 1. The minimum atomic E-state index is -3.73. The third-order valence-electron chi connectivity index (χ3n) is 4.28. The van der Waals surface area contributed by atoms with Crippen LogP contribution in [0.25, 0.3) is 6.08 Å². The molecule has 0 aliphatic carbocycles. The summed E-state index contributed by atoms with van der Waals surface area (Å²) in [6.07, 6.45) is 1.92. The van der Waals surface area contributed by atoms with E-state index in [4.69, 9.17) is 11.6 Å². The molecule has 1 atom stereocenters. The molecule has 0 spiro atoms. The van der Waals surface area contributed by atoms with Gasteiger partial charge in [-0.3, -0.25) is 9.10 Å². The van der Waals surface area contributed by atoms with E-state index >= 15 is 0 Å². The van der Waals surface area contributed by atoms with Crippen molar-refractivity contribution in [1.29, 1.82) is 0 Å². The van der Waals surface area contributed by atoms with E-state index in [1.54, 1.807) is 42.5 Å². The zero-order chi connectivity index (χ0) is 18.7. The van der Waals surface area contributed by atoms with E-state index in [1.165, 1.54) is 4.31 Å². The third kappa shape index (κ3) is 3.76. The van der Waals surface area contributed by atoms with Crippen molar-refractivity contribution in [3.05, 3.63) is 71.3 Å². The first kappa shape index (κ1) is 18.5. The molecule has 0 aromatic heterocycles. The number of amides is 1. The quantitative estimate of drug-likeness (QED) is 0.852. The van der Waals surface area contributed by atoms with E-state index in [1.807, 2.05) is 12.1 Å². The summed E-state index contributed by atoms with van der Waals surface area (Å²) in [5.41, 5.74) is 2.20. The monoisotopic (exact) mass is 390 g/mol. The van der Waals surface area contributed by atoms with E-state index in [9.17, 15) is 13.2 Å². The molecule has 1 fully saturated rings. The Bertz CT molecular complexity index is 929. The van der Waals surface area contributed by atoms with E-state index < -0.39 is 21.2 Å². The number of para-hydroxylation sites is 1. The summed E-state index contributed by atoms with van der Waals surface area (Å²) in [5.74, 6) is -0.497. The molecule has 0 saturated carbocycles. The maximum atomic E-state index is 12.7. The summed E-state index contributed by atoms with van der Waals surface area (Å²) < 4.78 is 26.8. The first-order chi connectivity index (χ1) is 12.4. The van der Waals surface area contributed by atoms with Crippen LogP contribution in [0, 0.1) is 0 Å². The SMILES string of the molecule is C=Cc1cc(Cl)cc(CNC(=O)C2CCN(c3ccccc3)S2(=O)=O)c1. The van der Waals surface area contributed by atoms with Gasteiger partial charge >= 0.3 is 0 Å². The number of nitrogens with one attached hydrogen (secondary N) is 1. The van der Waals surface area contributed by atoms with Gasteiger partial charge in [-0.2, -0.15) is 0 Å². The standard InChI is InChI=1S/C19H19ClN2O3S/c1-2-14-10-15(12-16(20)11-14)13-21-19(23)18-8-9-22(26(18,24)25)17-6-4-3-5-7-17/h2-7,10-12,18H,1,8-9,13H2,(H,21,23). The first-order valence-electron chi connectivity index (χ1n) is 8.18. The van der Waals surface area contributed by atoms with Gasteiger partial charge in [-0.15, -0.1) is 0 Å². The molecule has 1 heterocycles. The predicted molar refractivity (Wildman–Crippen MR) is 105 cm³/mol. The lowest BCUT2D eigenvalue weighted by Gasteiger charge is -2.18. The van der Waals surface area contributed by atoms with Crippen molar-refractivity contribution < 1.29 is 13.2 Å². The summed E-state index contributed by atoms with van der Waals surface area (Å²) in [5, 5.41) is 2.16. The van der Waals surface area contributed by atoms with Crippen LogP contribution in [0.1, 0.15) is 17.5 Å². The lowest BCUT2D eigenvalue weighted by atomic mass is 10.1. The molecule has 0 bridgehead atoms. The molecule has 1 N–H and O–H groups in total. The second-order valence-electron chi connectivity index (χ2n) is 6.04. The minimum Gasteiger partial charge on any atom is -0.351 e. The van der Waals surface area contributed by atoms with Crippen LogP contribution in [0.15, 0.2) is 55.1 Å². The Labute approximate surface area is 158 Å². The highest BCUT2D eigenvalue weighted by Crippen LogP contribution is 2.28.